The molecule has 7 heterocycles. The molecular formula is C44H38N8O8. The third-order valence-electron chi connectivity index (χ3n) is 10.5. The highest BCUT2D eigenvalue weighted by Crippen LogP contribution is 2.44. The van der Waals surface area contributed by atoms with Gasteiger partial charge in [-0.15, -0.1) is 0 Å². The van der Waals surface area contributed by atoms with Crippen LogP contribution in [0.2, 0.25) is 0 Å². The molecule has 0 fully saturated rings. The van der Waals surface area contributed by atoms with E-state index in [-0.39, 0.29) is 0 Å². The van der Waals surface area contributed by atoms with Crippen LogP contribution in [-0.4, -0.2) is 119 Å². The first-order chi connectivity index (χ1) is 29.8. The predicted molar refractivity (Wildman–Crippen MR) is 221 cm³/mol. The maximum absolute atomic E-state index is 6.37. The van der Waals surface area contributed by atoms with E-state index < -0.39 is 0 Å². The zero-order valence-electron chi connectivity index (χ0n) is 32.4. The topological polar surface area (TPSA) is 183 Å². The number of ether oxygens (including phenoxy) is 8. The number of rotatable bonds is 0. The molecular weight excluding hydrogens is 769 g/mol. The Bertz CT molecular complexity index is 2750. The van der Waals surface area contributed by atoms with Gasteiger partial charge < -0.3 is 47.9 Å². The van der Waals surface area contributed by atoms with E-state index in [9.17, 15) is 0 Å². The second-order valence-electron chi connectivity index (χ2n) is 14.2. The average Bonchev–Trinajstić information content (AvgIpc) is 4.01. The second-order valence-corrected chi connectivity index (χ2v) is 14.2. The number of hydrogen-bond donors (Lipinski definition) is 2. The lowest BCUT2D eigenvalue weighted by Crippen LogP contribution is -2.13. The summed E-state index contributed by atoms with van der Waals surface area (Å²) in [6.07, 6.45) is 0. The summed E-state index contributed by atoms with van der Waals surface area (Å²) < 4.78 is 48.7. The summed E-state index contributed by atoms with van der Waals surface area (Å²) in [5, 5.41) is 2.98. The molecule has 0 amide bonds. The first kappa shape index (κ1) is 36.4. The Balaban J connectivity index is 1.26. The van der Waals surface area contributed by atoms with Gasteiger partial charge in [0.05, 0.1) is 74.8 Å². The largest absolute Gasteiger partial charge is 0.490 e. The third kappa shape index (κ3) is 6.68. The van der Waals surface area contributed by atoms with Gasteiger partial charge in [0.15, 0.2) is 23.3 Å². The second kappa shape index (κ2) is 15.8. The van der Waals surface area contributed by atoms with Gasteiger partial charge in [0.1, 0.15) is 72.0 Å². The predicted octanol–water partition coefficient (Wildman–Crippen LogP) is 6.48. The zero-order valence-corrected chi connectivity index (χ0v) is 32.4. The normalized spacial score (nSPS) is 16.1. The first-order valence-corrected chi connectivity index (χ1v) is 19.9. The molecule has 4 aliphatic heterocycles. The number of aromatic amines is 2. The molecule has 8 bridgehead atoms. The van der Waals surface area contributed by atoms with Crippen molar-refractivity contribution < 1.29 is 37.9 Å². The molecule has 16 nitrogen and oxygen atoms in total. The fourth-order valence-electron chi connectivity index (χ4n) is 7.83. The highest BCUT2D eigenvalue weighted by atomic mass is 16.6. The van der Waals surface area contributed by atoms with Gasteiger partial charge in [0, 0.05) is 21.9 Å². The van der Waals surface area contributed by atoms with Crippen molar-refractivity contribution in [3.05, 3.63) is 72.8 Å². The van der Waals surface area contributed by atoms with Crippen LogP contribution in [0.3, 0.4) is 0 Å². The van der Waals surface area contributed by atoms with E-state index in [1.54, 1.807) is 0 Å². The summed E-state index contributed by atoms with van der Waals surface area (Å²) in [7, 11) is 0. The lowest BCUT2D eigenvalue weighted by atomic mass is 10.1. The fourth-order valence-corrected chi connectivity index (χ4v) is 7.83. The summed E-state index contributed by atoms with van der Waals surface area (Å²) >= 11 is 0. The summed E-state index contributed by atoms with van der Waals surface area (Å²) in [5.41, 5.74) is 4.88. The molecule has 2 N–H and O–H groups in total. The number of aromatic nitrogens is 8. The highest BCUT2D eigenvalue weighted by Gasteiger charge is 2.27. The molecule has 0 aliphatic carbocycles. The van der Waals surface area contributed by atoms with Crippen molar-refractivity contribution in [2.45, 2.75) is 0 Å². The maximum atomic E-state index is 6.37. The Hall–Kier alpha value is -6.72. The molecule has 0 saturated heterocycles. The molecule has 0 saturated carbocycles. The molecule has 0 spiro atoms. The van der Waals surface area contributed by atoms with Crippen LogP contribution in [-0.2, 0) is 18.9 Å². The molecule has 4 aromatic carbocycles. The summed E-state index contributed by atoms with van der Waals surface area (Å²) in [6, 6.07) is 23.2. The Morgan fingerprint density at radius 3 is 1.12 bits per heavy atom. The highest BCUT2D eigenvalue weighted by molar-refractivity contribution is 6.10. The minimum Gasteiger partial charge on any atom is -0.490 e. The Morgan fingerprint density at radius 2 is 0.683 bits per heavy atom. The molecule has 60 heavy (non-hydrogen) atoms. The van der Waals surface area contributed by atoms with E-state index in [0.29, 0.717) is 159 Å². The quantitative estimate of drug-likeness (QED) is 0.170. The Labute approximate surface area is 341 Å². The molecule has 4 aliphatic rings. The molecule has 0 atom stereocenters. The van der Waals surface area contributed by atoms with E-state index in [0.717, 1.165) is 32.7 Å². The van der Waals surface area contributed by atoms with E-state index >= 15 is 0 Å². The molecule has 11 rings (SSSR count). The van der Waals surface area contributed by atoms with Gasteiger partial charge in [-0.25, -0.2) is 29.9 Å². The van der Waals surface area contributed by atoms with Crippen molar-refractivity contribution in [3.8, 4) is 68.5 Å². The molecule has 0 unspecified atom stereocenters. The van der Waals surface area contributed by atoms with Crippen molar-refractivity contribution in [1.29, 1.82) is 0 Å². The summed E-state index contributed by atoms with van der Waals surface area (Å²) in [5.74, 6) is 4.05. The lowest BCUT2D eigenvalue weighted by Gasteiger charge is -2.11. The van der Waals surface area contributed by atoms with Crippen LogP contribution in [0.1, 0.15) is 0 Å². The summed E-state index contributed by atoms with van der Waals surface area (Å²) in [4.78, 5) is 38.1. The van der Waals surface area contributed by atoms with Gasteiger partial charge in [-0.1, -0.05) is 48.5 Å². The minimum absolute atomic E-state index is 0.306. The van der Waals surface area contributed by atoms with E-state index in [1.165, 1.54) is 0 Å². The standard InChI is InChI=1S/C44H38N8O8/c1-5-25-33-29(9-1)57-21-17-53-13-14-54-18-23-59-31-11-3-7-27-35(31)42-49-39(27)46-40-28-8-4-12-32-36(28)44(50-40)52-43-34-26(38(48-43)45-37(25)47-41(33)51-42)6-2-10-30(34)58-22-19-55-15-16-56-20-24-60-32/h1-12H,13-24H2,(H2,45,46,47,48,49,50,51,52). The van der Waals surface area contributed by atoms with Crippen molar-refractivity contribution in [1.82, 2.24) is 39.9 Å². The van der Waals surface area contributed by atoms with E-state index in [4.69, 9.17) is 67.8 Å². The van der Waals surface area contributed by atoms with Crippen molar-refractivity contribution in [2.24, 2.45) is 0 Å². The van der Waals surface area contributed by atoms with Crippen LogP contribution in [0, 0.1) is 0 Å². The SMILES string of the molecule is c1cc2c3c(c1)-c1nc-3nc3[nH]c(nc4nc5nc6[nH]c(n1)c1cccc(c61)OCCOCCOCCOc1cccc-4c1-5)c1cccc(c31)OCCOCCOCCO2. The monoisotopic (exact) mass is 806 g/mol. The number of nitrogens with one attached hydrogen (secondary N) is 2. The van der Waals surface area contributed by atoms with Crippen LogP contribution in [0.15, 0.2) is 72.8 Å². The van der Waals surface area contributed by atoms with Gasteiger partial charge in [-0.3, -0.25) is 0 Å². The van der Waals surface area contributed by atoms with Crippen LogP contribution < -0.4 is 18.9 Å². The van der Waals surface area contributed by atoms with Crippen molar-refractivity contribution in [2.75, 3.05) is 79.3 Å². The van der Waals surface area contributed by atoms with Crippen molar-refractivity contribution >= 4 is 44.1 Å². The Kier molecular flexibility index (Phi) is 9.58. The first-order valence-electron chi connectivity index (χ1n) is 19.9. The Morgan fingerprint density at radius 1 is 0.333 bits per heavy atom. The van der Waals surface area contributed by atoms with Crippen LogP contribution in [0.25, 0.3) is 89.7 Å². The number of nitrogens with zero attached hydrogens (tertiary/aromatic N) is 6. The third-order valence-corrected chi connectivity index (χ3v) is 10.5. The molecule has 302 valence electrons. The average molecular weight is 807 g/mol. The number of hydrogen-bond acceptors (Lipinski definition) is 14. The van der Waals surface area contributed by atoms with E-state index in [2.05, 4.69) is 9.97 Å². The van der Waals surface area contributed by atoms with E-state index in [1.807, 2.05) is 72.8 Å². The fraction of sp³-hybridized carbons (Fsp3) is 0.273. The number of H-pyrrole nitrogens is 2. The zero-order chi connectivity index (χ0) is 39.8. The van der Waals surface area contributed by atoms with Crippen LogP contribution in [0.4, 0.5) is 0 Å². The van der Waals surface area contributed by atoms with Gasteiger partial charge >= 0.3 is 0 Å². The molecule has 3 aromatic heterocycles. The summed E-state index contributed by atoms with van der Waals surface area (Å²) in [6.45, 7) is 4.39. The minimum atomic E-state index is 0.306. The van der Waals surface area contributed by atoms with Crippen LogP contribution in [0.5, 0.6) is 23.0 Å². The lowest BCUT2D eigenvalue weighted by molar-refractivity contribution is 0.0275. The van der Waals surface area contributed by atoms with Crippen molar-refractivity contribution in [3.63, 3.8) is 0 Å². The molecule has 0 radical (unpaired) electrons. The van der Waals surface area contributed by atoms with Gasteiger partial charge in [-0.2, -0.15) is 0 Å². The number of fused-ring (bicyclic) bond motifs is 8. The maximum Gasteiger partial charge on any atom is 0.168 e. The molecule has 16 heteroatoms. The van der Waals surface area contributed by atoms with Gasteiger partial charge in [0.2, 0.25) is 0 Å². The van der Waals surface area contributed by atoms with Crippen LogP contribution >= 0.6 is 0 Å². The molecule has 7 aromatic rings. The smallest absolute Gasteiger partial charge is 0.168 e. The number of benzene rings is 4. The van der Waals surface area contributed by atoms with Gasteiger partial charge in [-0.05, 0) is 24.3 Å². The van der Waals surface area contributed by atoms with Gasteiger partial charge in [0.25, 0.3) is 0 Å².